The third-order valence-corrected chi connectivity index (χ3v) is 4.57. The molecule has 1 aliphatic rings. The van der Waals surface area contributed by atoms with Crippen LogP contribution in [0.4, 0.5) is 5.82 Å². The summed E-state index contributed by atoms with van der Waals surface area (Å²) < 4.78 is 1.09. The van der Waals surface area contributed by atoms with E-state index in [0.29, 0.717) is 6.04 Å². The van der Waals surface area contributed by atoms with Gasteiger partial charge in [-0.2, -0.15) is 0 Å². The van der Waals surface area contributed by atoms with Gasteiger partial charge in [-0.15, -0.1) is 0 Å². The van der Waals surface area contributed by atoms with Crippen LogP contribution in [0.15, 0.2) is 16.6 Å². The fraction of sp³-hybridized carbons (Fsp3) is 0.667. The van der Waals surface area contributed by atoms with E-state index >= 15 is 0 Å². The van der Waals surface area contributed by atoms with Crippen molar-refractivity contribution in [2.24, 2.45) is 0 Å². The predicted molar refractivity (Wildman–Crippen MR) is 84.8 cm³/mol. The van der Waals surface area contributed by atoms with E-state index in [1.165, 1.54) is 25.7 Å². The van der Waals surface area contributed by atoms with E-state index in [0.717, 1.165) is 35.6 Å². The fourth-order valence-corrected chi connectivity index (χ4v) is 2.87. The Hall–Kier alpha value is -0.610. The molecule has 1 aliphatic heterocycles. The number of aryl methyl sites for hydroxylation is 1. The van der Waals surface area contributed by atoms with Crippen molar-refractivity contribution in [2.75, 3.05) is 24.5 Å². The maximum absolute atomic E-state index is 4.73. The van der Waals surface area contributed by atoms with Gasteiger partial charge in [0.1, 0.15) is 5.82 Å². The monoisotopic (exact) mass is 325 g/mol. The lowest BCUT2D eigenvalue weighted by atomic mass is 10.0. The number of hydrogen-bond acceptors (Lipinski definition) is 3. The van der Waals surface area contributed by atoms with Gasteiger partial charge < -0.3 is 10.2 Å². The number of hydrogen-bond donors (Lipinski definition) is 1. The van der Waals surface area contributed by atoms with Crippen LogP contribution in [0.3, 0.4) is 0 Å². The number of halogens is 1. The van der Waals surface area contributed by atoms with Crippen LogP contribution in [0.1, 0.15) is 38.3 Å². The highest BCUT2D eigenvalue weighted by molar-refractivity contribution is 9.10. The van der Waals surface area contributed by atoms with E-state index in [9.17, 15) is 0 Å². The van der Waals surface area contributed by atoms with Crippen molar-refractivity contribution >= 4 is 21.7 Å². The van der Waals surface area contributed by atoms with Crippen molar-refractivity contribution < 1.29 is 0 Å². The molecule has 4 heteroatoms. The molecule has 0 aromatic carbocycles. The largest absolute Gasteiger partial charge is 0.352 e. The average molecular weight is 326 g/mol. The second kappa shape index (κ2) is 7.25. The minimum atomic E-state index is 0.591. The SMILES string of the molecule is CCCNCC1CCCCN1c1ccc(Br)c(C)n1. The summed E-state index contributed by atoms with van der Waals surface area (Å²) in [6.45, 7) is 7.58. The van der Waals surface area contributed by atoms with Crippen molar-refractivity contribution in [1.29, 1.82) is 0 Å². The van der Waals surface area contributed by atoms with E-state index in [2.05, 4.69) is 52.1 Å². The second-order valence-electron chi connectivity index (χ2n) is 5.28. The van der Waals surface area contributed by atoms with Crippen LogP contribution in [-0.2, 0) is 0 Å². The first-order valence-corrected chi connectivity index (χ1v) is 8.12. The van der Waals surface area contributed by atoms with Gasteiger partial charge >= 0.3 is 0 Å². The van der Waals surface area contributed by atoms with Gasteiger partial charge in [-0.25, -0.2) is 4.98 Å². The van der Waals surface area contributed by atoms with Gasteiger partial charge in [-0.3, -0.25) is 0 Å². The summed E-state index contributed by atoms with van der Waals surface area (Å²) in [7, 11) is 0. The number of nitrogens with zero attached hydrogens (tertiary/aromatic N) is 2. The summed E-state index contributed by atoms with van der Waals surface area (Å²) in [4.78, 5) is 7.20. The van der Waals surface area contributed by atoms with E-state index in [1.807, 2.05) is 0 Å². The van der Waals surface area contributed by atoms with Gasteiger partial charge in [-0.1, -0.05) is 6.92 Å². The van der Waals surface area contributed by atoms with Crippen LogP contribution in [-0.4, -0.2) is 30.7 Å². The lowest BCUT2D eigenvalue weighted by Crippen LogP contribution is -2.46. The van der Waals surface area contributed by atoms with E-state index in [1.54, 1.807) is 0 Å². The molecule has 1 fully saturated rings. The summed E-state index contributed by atoms with van der Waals surface area (Å²) in [5.74, 6) is 1.13. The Balaban J connectivity index is 2.07. The maximum Gasteiger partial charge on any atom is 0.129 e. The molecular formula is C15H24BrN3. The van der Waals surface area contributed by atoms with Crippen molar-refractivity contribution in [2.45, 2.75) is 45.6 Å². The molecule has 19 heavy (non-hydrogen) atoms. The predicted octanol–water partition coefficient (Wildman–Crippen LogP) is 3.51. The molecule has 1 saturated heterocycles. The molecule has 0 radical (unpaired) electrons. The summed E-state index contributed by atoms with van der Waals surface area (Å²) in [5, 5.41) is 3.55. The number of nitrogens with one attached hydrogen (secondary N) is 1. The van der Waals surface area contributed by atoms with E-state index in [-0.39, 0.29) is 0 Å². The normalized spacial score (nSPS) is 19.7. The smallest absolute Gasteiger partial charge is 0.129 e. The standard InChI is InChI=1S/C15H24BrN3/c1-3-9-17-11-13-6-4-5-10-19(13)15-8-7-14(16)12(2)18-15/h7-8,13,17H,3-6,9-11H2,1-2H3. The van der Waals surface area contributed by atoms with Crippen LogP contribution in [0, 0.1) is 6.92 Å². The van der Waals surface area contributed by atoms with Crippen LogP contribution < -0.4 is 10.2 Å². The molecule has 0 amide bonds. The van der Waals surface area contributed by atoms with Crippen LogP contribution >= 0.6 is 15.9 Å². The quantitative estimate of drug-likeness (QED) is 0.839. The molecule has 2 rings (SSSR count). The van der Waals surface area contributed by atoms with E-state index < -0.39 is 0 Å². The number of pyridine rings is 1. The highest BCUT2D eigenvalue weighted by atomic mass is 79.9. The lowest BCUT2D eigenvalue weighted by Gasteiger charge is -2.37. The molecule has 0 bridgehead atoms. The fourth-order valence-electron chi connectivity index (χ4n) is 2.65. The zero-order chi connectivity index (χ0) is 13.7. The average Bonchev–Trinajstić information content (AvgIpc) is 2.43. The van der Waals surface area contributed by atoms with Gasteiger partial charge in [-0.05, 0) is 67.2 Å². The minimum Gasteiger partial charge on any atom is -0.352 e. The molecule has 0 aliphatic carbocycles. The maximum atomic E-state index is 4.73. The first-order valence-electron chi connectivity index (χ1n) is 7.33. The summed E-state index contributed by atoms with van der Waals surface area (Å²) in [5.41, 5.74) is 1.07. The number of piperidine rings is 1. The van der Waals surface area contributed by atoms with Crippen molar-refractivity contribution in [1.82, 2.24) is 10.3 Å². The Bertz CT molecular complexity index is 408. The Kier molecular flexibility index (Phi) is 5.64. The molecule has 1 aromatic heterocycles. The summed E-state index contributed by atoms with van der Waals surface area (Å²) in [6, 6.07) is 4.84. The van der Waals surface area contributed by atoms with E-state index in [4.69, 9.17) is 4.98 Å². The van der Waals surface area contributed by atoms with Crippen molar-refractivity contribution in [3.63, 3.8) is 0 Å². The molecule has 106 valence electrons. The molecule has 3 nitrogen and oxygen atoms in total. The Morgan fingerprint density at radius 3 is 3.00 bits per heavy atom. The van der Waals surface area contributed by atoms with Gasteiger partial charge in [0.05, 0.1) is 5.69 Å². The number of aromatic nitrogens is 1. The van der Waals surface area contributed by atoms with Gasteiger partial charge in [0.25, 0.3) is 0 Å². The zero-order valence-corrected chi connectivity index (χ0v) is 13.5. The third kappa shape index (κ3) is 3.93. The first-order chi connectivity index (χ1) is 9.22. The first kappa shape index (κ1) is 14.8. The Morgan fingerprint density at radius 2 is 2.26 bits per heavy atom. The molecule has 1 N–H and O–H groups in total. The molecule has 2 heterocycles. The van der Waals surface area contributed by atoms with Crippen molar-refractivity contribution in [3.8, 4) is 0 Å². The van der Waals surface area contributed by atoms with Gasteiger partial charge in [0.15, 0.2) is 0 Å². The van der Waals surface area contributed by atoms with Crippen LogP contribution in [0.25, 0.3) is 0 Å². The summed E-state index contributed by atoms with van der Waals surface area (Å²) in [6.07, 6.45) is 5.08. The molecule has 1 unspecified atom stereocenters. The number of anilines is 1. The molecular weight excluding hydrogens is 302 g/mol. The van der Waals surface area contributed by atoms with Crippen molar-refractivity contribution in [3.05, 3.63) is 22.3 Å². The third-order valence-electron chi connectivity index (χ3n) is 3.73. The number of rotatable bonds is 5. The minimum absolute atomic E-state index is 0.591. The molecule has 0 spiro atoms. The Labute approximate surface area is 124 Å². The molecule has 1 atom stereocenters. The van der Waals surface area contributed by atoms with Gasteiger partial charge in [0, 0.05) is 23.6 Å². The highest BCUT2D eigenvalue weighted by Crippen LogP contribution is 2.25. The summed E-state index contributed by atoms with van der Waals surface area (Å²) >= 11 is 3.53. The molecule has 0 saturated carbocycles. The van der Waals surface area contributed by atoms with Gasteiger partial charge in [0.2, 0.25) is 0 Å². The molecule has 1 aromatic rings. The zero-order valence-electron chi connectivity index (χ0n) is 12.0. The Morgan fingerprint density at radius 1 is 1.42 bits per heavy atom. The topological polar surface area (TPSA) is 28.2 Å². The second-order valence-corrected chi connectivity index (χ2v) is 6.14. The van der Waals surface area contributed by atoms with Crippen LogP contribution in [0.2, 0.25) is 0 Å². The van der Waals surface area contributed by atoms with Crippen LogP contribution in [0.5, 0.6) is 0 Å². The lowest BCUT2D eigenvalue weighted by molar-refractivity contribution is 0.433. The highest BCUT2D eigenvalue weighted by Gasteiger charge is 2.23.